The second-order valence-electron chi connectivity index (χ2n) is 10.1. The van der Waals surface area contributed by atoms with Crippen molar-refractivity contribution in [3.8, 4) is 0 Å². The Morgan fingerprint density at radius 1 is 1.09 bits per heavy atom. The van der Waals surface area contributed by atoms with Crippen molar-refractivity contribution in [2.45, 2.75) is 80.8 Å². The van der Waals surface area contributed by atoms with Crippen LogP contribution >= 0.6 is 15.9 Å². The van der Waals surface area contributed by atoms with Gasteiger partial charge in [0.1, 0.15) is 6.79 Å². The lowest BCUT2D eigenvalue weighted by Crippen LogP contribution is -2.51. The molecule has 6 heteroatoms. The van der Waals surface area contributed by atoms with Gasteiger partial charge in [0.2, 0.25) is 0 Å². The molecule has 0 bridgehead atoms. The average Bonchev–Trinajstić information content (AvgIpc) is 3.19. The van der Waals surface area contributed by atoms with Gasteiger partial charge in [-0.05, 0) is 62.0 Å². The summed E-state index contributed by atoms with van der Waals surface area (Å²) in [6.45, 7) is 6.16. The van der Waals surface area contributed by atoms with Crippen molar-refractivity contribution in [2.75, 3.05) is 27.6 Å². The van der Waals surface area contributed by atoms with E-state index in [0.29, 0.717) is 25.9 Å². The van der Waals surface area contributed by atoms with Crippen LogP contribution in [-0.2, 0) is 30.3 Å². The molecule has 3 saturated carbocycles. The van der Waals surface area contributed by atoms with Crippen LogP contribution in [0.25, 0.3) is 0 Å². The van der Waals surface area contributed by atoms with Gasteiger partial charge in [-0.1, -0.05) is 52.8 Å². The quantitative estimate of drug-likeness (QED) is 0.163. The molecule has 3 fully saturated rings. The molecule has 0 unspecified atom stereocenters. The lowest BCUT2D eigenvalue weighted by atomic mass is 9.57. The standard InChI is InChI=1S/C27H39BrO5/c1-20-16-26(18-31-19-29-2)13-11-23(32-17-21-8-5-4-6-9-21)14-22(26)15-24(20)33-27(30-3)12-7-10-25(27)28/h4-6,8-9,22-25H,1,7,10-19H2,2-3H3/t22-,23+,24-,25+,26-,27+/m1/s1. The van der Waals surface area contributed by atoms with E-state index >= 15 is 0 Å². The second kappa shape index (κ2) is 11.3. The first-order valence-corrected chi connectivity index (χ1v) is 13.2. The van der Waals surface area contributed by atoms with Crippen LogP contribution in [0.5, 0.6) is 0 Å². The molecule has 0 saturated heterocycles. The van der Waals surface area contributed by atoms with Gasteiger partial charge in [-0.25, -0.2) is 0 Å². The van der Waals surface area contributed by atoms with Crippen LogP contribution in [0.15, 0.2) is 42.5 Å². The summed E-state index contributed by atoms with van der Waals surface area (Å²) in [7, 11) is 3.44. The molecule has 0 aromatic heterocycles. The van der Waals surface area contributed by atoms with Crippen LogP contribution in [0.1, 0.15) is 56.9 Å². The minimum Gasteiger partial charge on any atom is -0.374 e. The van der Waals surface area contributed by atoms with Crippen molar-refractivity contribution in [1.29, 1.82) is 0 Å². The Kier molecular flexibility index (Phi) is 8.69. The van der Waals surface area contributed by atoms with E-state index in [1.807, 2.05) is 6.07 Å². The molecule has 3 aliphatic rings. The molecular weight excluding hydrogens is 484 g/mol. The van der Waals surface area contributed by atoms with E-state index in [2.05, 4.69) is 46.8 Å². The Bertz CT molecular complexity index is 773. The largest absolute Gasteiger partial charge is 0.374 e. The fourth-order valence-electron chi connectivity index (χ4n) is 6.10. The Hall–Kier alpha value is -0.760. The number of ether oxygens (including phenoxy) is 5. The molecule has 6 atom stereocenters. The normalized spacial score (nSPS) is 36.6. The maximum atomic E-state index is 6.72. The van der Waals surface area contributed by atoms with Gasteiger partial charge in [-0.2, -0.15) is 0 Å². The molecule has 33 heavy (non-hydrogen) atoms. The smallest absolute Gasteiger partial charge is 0.181 e. The van der Waals surface area contributed by atoms with Crippen molar-refractivity contribution >= 4 is 15.9 Å². The number of hydrogen-bond donors (Lipinski definition) is 0. The molecule has 1 aromatic carbocycles. The van der Waals surface area contributed by atoms with Crippen molar-refractivity contribution in [2.24, 2.45) is 11.3 Å². The Morgan fingerprint density at radius 3 is 2.61 bits per heavy atom. The van der Waals surface area contributed by atoms with Gasteiger partial charge in [0.05, 0.1) is 30.2 Å². The summed E-state index contributed by atoms with van der Waals surface area (Å²) < 4.78 is 30.2. The maximum Gasteiger partial charge on any atom is 0.181 e. The van der Waals surface area contributed by atoms with Crippen LogP contribution in [0.2, 0.25) is 0 Å². The zero-order valence-electron chi connectivity index (χ0n) is 20.1. The molecule has 1 aromatic rings. The summed E-state index contributed by atoms with van der Waals surface area (Å²) in [5.74, 6) is -0.110. The first-order chi connectivity index (χ1) is 16.0. The zero-order chi connectivity index (χ0) is 23.3. The van der Waals surface area contributed by atoms with E-state index in [0.717, 1.165) is 51.4 Å². The van der Waals surface area contributed by atoms with E-state index in [1.54, 1.807) is 14.2 Å². The molecule has 0 N–H and O–H groups in total. The number of rotatable bonds is 10. The molecule has 0 spiro atoms. The molecule has 0 amide bonds. The molecular formula is C27H39BrO5. The van der Waals surface area contributed by atoms with E-state index in [1.165, 1.54) is 11.1 Å². The van der Waals surface area contributed by atoms with E-state index in [9.17, 15) is 0 Å². The average molecular weight is 524 g/mol. The van der Waals surface area contributed by atoms with Crippen molar-refractivity contribution in [3.63, 3.8) is 0 Å². The van der Waals surface area contributed by atoms with Gasteiger partial charge in [0, 0.05) is 26.1 Å². The molecule has 0 aliphatic heterocycles. The monoisotopic (exact) mass is 522 g/mol. The number of benzene rings is 1. The third-order valence-electron chi connectivity index (χ3n) is 7.98. The Morgan fingerprint density at radius 2 is 1.91 bits per heavy atom. The number of hydrogen-bond acceptors (Lipinski definition) is 5. The third kappa shape index (κ3) is 5.74. The summed E-state index contributed by atoms with van der Waals surface area (Å²) in [4.78, 5) is 0.216. The Balaban J connectivity index is 1.45. The summed E-state index contributed by atoms with van der Waals surface area (Å²) in [5, 5.41) is 0. The van der Waals surface area contributed by atoms with E-state index in [4.69, 9.17) is 23.7 Å². The van der Waals surface area contributed by atoms with Gasteiger partial charge in [0.25, 0.3) is 0 Å². The fraction of sp³-hybridized carbons (Fsp3) is 0.704. The molecule has 3 aliphatic carbocycles. The summed E-state index contributed by atoms with van der Waals surface area (Å²) in [6, 6.07) is 10.4. The highest BCUT2D eigenvalue weighted by molar-refractivity contribution is 9.09. The van der Waals surface area contributed by atoms with Gasteiger partial charge in [0.15, 0.2) is 5.79 Å². The predicted molar refractivity (Wildman–Crippen MR) is 132 cm³/mol. The lowest BCUT2D eigenvalue weighted by Gasteiger charge is -2.52. The highest BCUT2D eigenvalue weighted by atomic mass is 79.9. The van der Waals surface area contributed by atoms with Crippen molar-refractivity contribution < 1.29 is 23.7 Å². The summed E-state index contributed by atoms with van der Waals surface area (Å²) in [5.41, 5.74) is 2.47. The van der Waals surface area contributed by atoms with Crippen molar-refractivity contribution in [3.05, 3.63) is 48.0 Å². The van der Waals surface area contributed by atoms with E-state index < -0.39 is 5.79 Å². The molecule has 184 valence electrons. The van der Waals surface area contributed by atoms with Crippen LogP contribution in [0, 0.1) is 11.3 Å². The molecule has 0 radical (unpaired) electrons. The minimum atomic E-state index is -0.558. The van der Waals surface area contributed by atoms with Gasteiger partial charge >= 0.3 is 0 Å². The SMILES string of the molecule is C=C1C[C@@]2(COCOC)CC[C@H](OCc3ccccc3)C[C@@H]2C[C@H]1O[C@@]1(OC)CCC[C@@H]1Br. The third-order valence-corrected chi connectivity index (χ3v) is 9.13. The van der Waals surface area contributed by atoms with Crippen LogP contribution < -0.4 is 0 Å². The number of halogens is 1. The topological polar surface area (TPSA) is 46.2 Å². The van der Waals surface area contributed by atoms with Gasteiger partial charge in [-0.15, -0.1) is 0 Å². The predicted octanol–water partition coefficient (Wildman–Crippen LogP) is 6.00. The van der Waals surface area contributed by atoms with Gasteiger partial charge < -0.3 is 23.7 Å². The molecule has 0 heterocycles. The zero-order valence-corrected chi connectivity index (χ0v) is 21.7. The lowest BCUT2D eigenvalue weighted by molar-refractivity contribution is -0.242. The minimum absolute atomic E-state index is 0.00322. The molecule has 5 nitrogen and oxygen atoms in total. The summed E-state index contributed by atoms with van der Waals surface area (Å²) in [6.07, 6.45) is 8.34. The van der Waals surface area contributed by atoms with Crippen LogP contribution in [-0.4, -0.2) is 50.4 Å². The van der Waals surface area contributed by atoms with Crippen LogP contribution in [0.3, 0.4) is 0 Å². The number of fused-ring (bicyclic) bond motifs is 1. The second-order valence-corrected chi connectivity index (χ2v) is 11.2. The van der Waals surface area contributed by atoms with E-state index in [-0.39, 0.29) is 22.5 Å². The fourth-order valence-corrected chi connectivity index (χ4v) is 6.95. The highest BCUT2D eigenvalue weighted by Crippen LogP contribution is 2.54. The van der Waals surface area contributed by atoms with Crippen molar-refractivity contribution in [1.82, 2.24) is 0 Å². The maximum absolute atomic E-state index is 6.72. The first kappa shape index (κ1) is 25.3. The number of alkyl halides is 1. The van der Waals surface area contributed by atoms with Crippen LogP contribution in [0.4, 0.5) is 0 Å². The highest BCUT2D eigenvalue weighted by Gasteiger charge is 2.52. The summed E-state index contributed by atoms with van der Waals surface area (Å²) >= 11 is 3.81. The first-order valence-electron chi connectivity index (χ1n) is 12.3. The van der Waals surface area contributed by atoms with Gasteiger partial charge in [-0.3, -0.25) is 0 Å². The molecule has 4 rings (SSSR count). The number of methoxy groups -OCH3 is 2. The Labute approximate surface area is 207 Å².